The topological polar surface area (TPSA) is 68.3 Å². The minimum Gasteiger partial charge on any atom is -0.289 e. The van der Waals surface area contributed by atoms with Crippen molar-refractivity contribution in [3.8, 4) is 0 Å². The van der Waals surface area contributed by atoms with E-state index in [9.17, 15) is 18.0 Å². The smallest absolute Gasteiger partial charge is 0.206 e. The summed E-state index contributed by atoms with van der Waals surface area (Å²) in [6.45, 7) is 6.72. The third-order valence-electron chi connectivity index (χ3n) is 3.40. The number of ketones is 2. The molecule has 0 heterocycles. The molecular formula is C18H12Cl2O4S. The summed E-state index contributed by atoms with van der Waals surface area (Å²) in [6, 6.07) is 7.55. The van der Waals surface area contributed by atoms with Crippen LogP contribution in [0.2, 0.25) is 10.0 Å². The second-order valence-corrected chi connectivity index (χ2v) is 7.69. The lowest BCUT2D eigenvalue weighted by Crippen LogP contribution is -2.05. The second-order valence-electron chi connectivity index (χ2n) is 4.92. The molecule has 2 aromatic carbocycles. The molecule has 0 spiro atoms. The van der Waals surface area contributed by atoms with Crippen LogP contribution >= 0.6 is 23.2 Å². The molecule has 0 saturated carbocycles. The lowest BCUT2D eigenvalue weighted by Gasteiger charge is -2.09. The van der Waals surface area contributed by atoms with Crippen molar-refractivity contribution in [1.29, 1.82) is 0 Å². The maximum absolute atomic E-state index is 12.7. The first-order chi connectivity index (χ1) is 11.7. The summed E-state index contributed by atoms with van der Waals surface area (Å²) in [6.07, 6.45) is 2.18. The first-order valence-electron chi connectivity index (χ1n) is 6.90. The summed E-state index contributed by atoms with van der Waals surface area (Å²) < 4.78 is 25.4. The molecule has 2 aromatic rings. The Balaban J connectivity index is 2.52. The predicted molar refractivity (Wildman–Crippen MR) is 97.4 cm³/mol. The molecule has 4 nitrogen and oxygen atoms in total. The van der Waals surface area contributed by atoms with E-state index in [0.29, 0.717) is 0 Å². The Hall–Kier alpha value is -2.21. The quantitative estimate of drug-likeness (QED) is 0.531. The molecule has 0 radical (unpaired) electrons. The Morgan fingerprint density at radius 3 is 1.44 bits per heavy atom. The van der Waals surface area contributed by atoms with E-state index >= 15 is 0 Å². The molecule has 0 fully saturated rings. The van der Waals surface area contributed by atoms with E-state index in [1.807, 2.05) is 0 Å². The molecule has 0 aliphatic heterocycles. The lowest BCUT2D eigenvalue weighted by atomic mass is 10.1. The van der Waals surface area contributed by atoms with Gasteiger partial charge < -0.3 is 0 Å². The fourth-order valence-corrected chi connectivity index (χ4v) is 4.07. The molecule has 0 aliphatic rings. The highest BCUT2D eigenvalue weighted by Gasteiger charge is 2.21. The van der Waals surface area contributed by atoms with Crippen molar-refractivity contribution in [2.24, 2.45) is 0 Å². The van der Waals surface area contributed by atoms with E-state index in [1.165, 1.54) is 36.4 Å². The van der Waals surface area contributed by atoms with Gasteiger partial charge in [-0.1, -0.05) is 36.4 Å². The summed E-state index contributed by atoms with van der Waals surface area (Å²) in [5.74, 6) is -0.825. The number of rotatable bonds is 6. The summed E-state index contributed by atoms with van der Waals surface area (Å²) >= 11 is 12.0. The van der Waals surface area contributed by atoms with Crippen LogP contribution in [0.25, 0.3) is 0 Å². The Bertz CT molecular complexity index is 932. The third-order valence-corrected chi connectivity index (χ3v) is 5.78. The van der Waals surface area contributed by atoms with Crippen molar-refractivity contribution in [2.45, 2.75) is 9.79 Å². The number of allylic oxidation sites excluding steroid dienone is 2. The molecule has 2 rings (SSSR count). The first kappa shape index (κ1) is 19.1. The molecule has 0 amide bonds. The molecule has 25 heavy (non-hydrogen) atoms. The molecule has 0 aliphatic carbocycles. The van der Waals surface area contributed by atoms with Gasteiger partial charge in [-0.15, -0.1) is 0 Å². The van der Waals surface area contributed by atoms with Gasteiger partial charge in [0.15, 0.2) is 11.6 Å². The number of halogens is 2. The van der Waals surface area contributed by atoms with Gasteiger partial charge in [0.2, 0.25) is 9.84 Å². The van der Waals surface area contributed by atoms with Crippen molar-refractivity contribution in [1.82, 2.24) is 0 Å². The van der Waals surface area contributed by atoms with Crippen LogP contribution in [0.3, 0.4) is 0 Å². The average Bonchev–Trinajstić information content (AvgIpc) is 2.60. The van der Waals surface area contributed by atoms with Crippen LogP contribution in [0.15, 0.2) is 71.5 Å². The molecule has 7 heteroatoms. The summed E-state index contributed by atoms with van der Waals surface area (Å²) in [7, 11) is -3.93. The molecule has 0 aromatic heterocycles. The standard InChI is InChI=1S/C18H12Cl2O4S/c1-3-17(21)13-7-5-11(9-15(13)19)25(23,24)12-6-8-14(16(20)10-12)18(22)4-2/h3-10H,1-2H2. The fraction of sp³-hybridized carbons (Fsp3) is 0. The van der Waals surface area contributed by atoms with Crippen molar-refractivity contribution in [3.63, 3.8) is 0 Å². The molecule has 0 atom stereocenters. The van der Waals surface area contributed by atoms with Crippen molar-refractivity contribution < 1.29 is 18.0 Å². The first-order valence-corrected chi connectivity index (χ1v) is 9.14. The van der Waals surface area contributed by atoms with Crippen LogP contribution in [0.1, 0.15) is 20.7 Å². The Labute approximate surface area is 155 Å². The Morgan fingerprint density at radius 1 is 0.800 bits per heavy atom. The molecule has 0 bridgehead atoms. The van der Waals surface area contributed by atoms with Crippen LogP contribution in [0.4, 0.5) is 0 Å². The lowest BCUT2D eigenvalue weighted by molar-refractivity contribution is 0.103. The van der Waals surface area contributed by atoms with E-state index in [4.69, 9.17) is 23.2 Å². The Kier molecular flexibility index (Phi) is 5.62. The predicted octanol–water partition coefficient (Wildman–Crippen LogP) is 4.56. The van der Waals surface area contributed by atoms with Crippen LogP contribution in [-0.4, -0.2) is 20.0 Å². The molecule has 0 N–H and O–H groups in total. The SMILES string of the molecule is C=CC(=O)c1ccc(S(=O)(=O)c2ccc(C(=O)C=C)c(Cl)c2)cc1Cl. The monoisotopic (exact) mass is 394 g/mol. The highest BCUT2D eigenvalue weighted by atomic mass is 35.5. The van der Waals surface area contributed by atoms with E-state index in [0.717, 1.165) is 12.2 Å². The van der Waals surface area contributed by atoms with E-state index in [-0.39, 0.29) is 31.0 Å². The van der Waals surface area contributed by atoms with Crippen LogP contribution in [0, 0.1) is 0 Å². The number of carbonyl (C=O) groups is 2. The highest BCUT2D eigenvalue weighted by Crippen LogP contribution is 2.29. The number of hydrogen-bond acceptors (Lipinski definition) is 4. The van der Waals surface area contributed by atoms with Gasteiger partial charge in [-0.2, -0.15) is 0 Å². The zero-order valence-corrected chi connectivity index (χ0v) is 15.2. The van der Waals surface area contributed by atoms with Gasteiger partial charge in [0.05, 0.1) is 19.8 Å². The van der Waals surface area contributed by atoms with Crippen molar-refractivity contribution in [3.05, 3.63) is 82.9 Å². The maximum atomic E-state index is 12.7. The maximum Gasteiger partial charge on any atom is 0.206 e. The minimum atomic E-state index is -3.93. The number of hydrogen-bond donors (Lipinski definition) is 0. The molecular weight excluding hydrogens is 383 g/mol. The van der Waals surface area contributed by atoms with E-state index in [2.05, 4.69) is 13.2 Å². The van der Waals surface area contributed by atoms with Gasteiger partial charge >= 0.3 is 0 Å². The zero-order valence-electron chi connectivity index (χ0n) is 12.8. The van der Waals surface area contributed by atoms with Gasteiger partial charge in [-0.05, 0) is 48.6 Å². The number of sulfone groups is 1. The highest BCUT2D eigenvalue weighted by molar-refractivity contribution is 7.91. The summed E-state index contributed by atoms with van der Waals surface area (Å²) in [5, 5.41) is -0.00828. The van der Waals surface area contributed by atoms with E-state index in [1.54, 1.807) is 0 Å². The second kappa shape index (κ2) is 7.35. The molecule has 0 saturated heterocycles. The van der Waals surface area contributed by atoms with Gasteiger partial charge in [-0.25, -0.2) is 8.42 Å². The normalized spacial score (nSPS) is 11.0. The van der Waals surface area contributed by atoms with Gasteiger partial charge in [-0.3, -0.25) is 9.59 Å². The zero-order chi connectivity index (χ0) is 18.8. The van der Waals surface area contributed by atoms with Crippen molar-refractivity contribution >= 4 is 44.6 Å². The average molecular weight is 395 g/mol. The minimum absolute atomic E-state index is 0.00414. The van der Waals surface area contributed by atoms with Crippen LogP contribution in [0.5, 0.6) is 0 Å². The van der Waals surface area contributed by atoms with Crippen LogP contribution < -0.4 is 0 Å². The Morgan fingerprint density at radius 2 is 1.16 bits per heavy atom. The van der Waals surface area contributed by atoms with Crippen molar-refractivity contribution in [2.75, 3.05) is 0 Å². The van der Waals surface area contributed by atoms with E-state index < -0.39 is 21.4 Å². The van der Waals surface area contributed by atoms with Gasteiger partial charge in [0.25, 0.3) is 0 Å². The van der Waals surface area contributed by atoms with Crippen LogP contribution in [-0.2, 0) is 9.84 Å². The summed E-state index contributed by atoms with van der Waals surface area (Å²) in [5.41, 5.74) is 0.307. The fourth-order valence-electron chi connectivity index (χ4n) is 2.08. The third kappa shape index (κ3) is 3.74. The largest absolute Gasteiger partial charge is 0.289 e. The summed E-state index contributed by atoms with van der Waals surface area (Å²) in [4.78, 5) is 23.1. The number of benzene rings is 2. The van der Waals surface area contributed by atoms with Gasteiger partial charge in [0, 0.05) is 11.1 Å². The number of carbonyl (C=O) groups excluding carboxylic acids is 2. The van der Waals surface area contributed by atoms with Gasteiger partial charge in [0.1, 0.15) is 0 Å². The molecule has 128 valence electrons. The molecule has 0 unspecified atom stereocenters.